The highest BCUT2D eigenvalue weighted by Gasteiger charge is 2.05. The lowest BCUT2D eigenvalue weighted by Crippen LogP contribution is -2.31. The van der Waals surface area contributed by atoms with Crippen LogP contribution in [0.25, 0.3) is 0 Å². The van der Waals surface area contributed by atoms with Gasteiger partial charge in [-0.25, -0.2) is 4.79 Å². The number of rotatable bonds is 3. The zero-order valence-corrected chi connectivity index (χ0v) is 7.54. The molecule has 0 fully saturated rings. The molecule has 0 rings (SSSR count). The van der Waals surface area contributed by atoms with E-state index in [1.54, 1.807) is 0 Å². The summed E-state index contributed by atoms with van der Waals surface area (Å²) in [5, 5.41) is 2.07. The largest absolute Gasteiger partial charge is 0.413 e. The van der Waals surface area contributed by atoms with Crippen LogP contribution in [-0.2, 0) is 9.63 Å². The smallest absolute Gasteiger partial charge is 0.351 e. The average molecular weight is 179 g/mol. The van der Waals surface area contributed by atoms with Gasteiger partial charge in [0.2, 0.25) is 0 Å². The van der Waals surface area contributed by atoms with Crippen LogP contribution in [0.2, 0.25) is 0 Å². The molecule has 6 heteroatoms. The fourth-order valence-electron chi connectivity index (χ4n) is 0.193. The molecule has 0 aromatic heterocycles. The van der Waals surface area contributed by atoms with E-state index in [2.05, 4.69) is 28.6 Å². The fraction of sp³-hybridized carbons (Fsp3) is 0.250. The van der Waals surface area contributed by atoms with Crippen LogP contribution in [0.5, 0.6) is 0 Å². The summed E-state index contributed by atoms with van der Waals surface area (Å²) in [5.41, 5.74) is 0.274. The Morgan fingerprint density at radius 3 is 2.70 bits per heavy atom. The molecule has 0 amide bonds. The number of nitrogens with one attached hydrogen (secondary N) is 1. The summed E-state index contributed by atoms with van der Waals surface area (Å²) < 4.78 is 0. The highest BCUT2D eigenvalue weighted by atomic mass is 32.3. The van der Waals surface area contributed by atoms with E-state index in [1.807, 2.05) is 0 Å². The first-order chi connectivity index (χ1) is 4.54. The molecule has 0 aromatic carbocycles. The molecule has 2 N–H and O–H groups in total. The molecule has 0 bridgehead atoms. The minimum absolute atomic E-state index is 0.274. The summed E-state index contributed by atoms with van der Waals surface area (Å²) in [5.74, 6) is -0.583. The lowest BCUT2D eigenvalue weighted by atomic mass is 10.4. The maximum Gasteiger partial charge on any atom is 0.351 e. The normalized spacial score (nSPS) is 12.3. The van der Waals surface area contributed by atoms with Gasteiger partial charge in [-0.05, 0) is 6.92 Å². The van der Waals surface area contributed by atoms with E-state index >= 15 is 0 Å². The highest BCUT2D eigenvalue weighted by Crippen LogP contribution is 1.89. The van der Waals surface area contributed by atoms with Crippen molar-refractivity contribution < 1.29 is 14.4 Å². The van der Waals surface area contributed by atoms with Crippen molar-refractivity contribution in [3.8, 4) is 0 Å². The number of carbonyl (C=O) groups excluding carboxylic acids is 1. The third-order valence-electron chi connectivity index (χ3n) is 0.605. The summed E-state index contributed by atoms with van der Waals surface area (Å²) in [7, 11) is -2.31. The summed E-state index contributed by atoms with van der Waals surface area (Å²) in [4.78, 5) is 23.4. The fourth-order valence-corrected chi connectivity index (χ4v) is 0.564. The van der Waals surface area contributed by atoms with Crippen molar-refractivity contribution in [2.75, 3.05) is 0 Å². The summed E-state index contributed by atoms with van der Waals surface area (Å²) in [6.45, 7) is 4.84. The van der Waals surface area contributed by atoms with Crippen molar-refractivity contribution in [3.63, 3.8) is 0 Å². The monoisotopic (exact) mass is 179 g/mol. The van der Waals surface area contributed by atoms with E-state index in [1.165, 1.54) is 6.92 Å². The molecule has 0 spiro atoms. The molecule has 0 aliphatic heterocycles. The first-order valence-corrected chi connectivity index (χ1v) is 5.68. The second-order valence-corrected chi connectivity index (χ2v) is 4.11. The van der Waals surface area contributed by atoms with Crippen molar-refractivity contribution in [2.24, 2.45) is 0 Å². The van der Waals surface area contributed by atoms with Gasteiger partial charge < -0.3 is 9.63 Å². The Balaban J connectivity index is 3.50. The molecule has 0 heterocycles. The van der Waals surface area contributed by atoms with Gasteiger partial charge in [0, 0.05) is 5.57 Å². The molecule has 0 saturated heterocycles. The summed E-state index contributed by atoms with van der Waals surface area (Å²) >= 11 is 3.62. The third-order valence-corrected chi connectivity index (χ3v) is 1.25. The molecule has 0 radical (unpaired) electrons. The van der Waals surface area contributed by atoms with Gasteiger partial charge in [-0.15, -0.1) is 5.15 Å². The maximum atomic E-state index is 10.5. The number of hydrogen-bond donors (Lipinski definition) is 3. The van der Waals surface area contributed by atoms with Crippen LogP contribution in [0.4, 0.5) is 0 Å². The minimum Gasteiger partial charge on any atom is -0.413 e. The van der Waals surface area contributed by atoms with Gasteiger partial charge in [0.05, 0.1) is 0 Å². The van der Waals surface area contributed by atoms with Crippen molar-refractivity contribution in [2.45, 2.75) is 6.92 Å². The third kappa shape index (κ3) is 4.56. The molecule has 0 saturated carbocycles. The molecular formula is C4H9NO3SSi. The van der Waals surface area contributed by atoms with Crippen molar-refractivity contribution in [1.82, 2.24) is 5.15 Å². The molecule has 0 aliphatic carbocycles. The van der Waals surface area contributed by atoms with E-state index in [4.69, 9.17) is 4.80 Å². The molecule has 1 unspecified atom stereocenters. The van der Waals surface area contributed by atoms with Crippen LogP contribution in [0, 0.1) is 0 Å². The lowest BCUT2D eigenvalue weighted by Gasteiger charge is -2.04. The van der Waals surface area contributed by atoms with Gasteiger partial charge in [-0.1, -0.05) is 6.58 Å². The van der Waals surface area contributed by atoms with Crippen molar-refractivity contribution in [3.05, 3.63) is 12.2 Å². The second-order valence-electron chi connectivity index (χ2n) is 1.66. The number of thiol groups is 1. The molecule has 4 nitrogen and oxygen atoms in total. The van der Waals surface area contributed by atoms with Crippen LogP contribution in [0.1, 0.15) is 6.92 Å². The predicted octanol–water partition coefficient (Wildman–Crippen LogP) is -0.750. The Labute approximate surface area is 65.7 Å². The Morgan fingerprint density at radius 2 is 2.40 bits per heavy atom. The lowest BCUT2D eigenvalue weighted by molar-refractivity contribution is -0.142. The van der Waals surface area contributed by atoms with E-state index < -0.39 is 14.3 Å². The van der Waals surface area contributed by atoms with Gasteiger partial charge in [0.25, 0.3) is 0 Å². The Morgan fingerprint density at radius 1 is 1.90 bits per heavy atom. The SMILES string of the molecule is C=C(C)C(=O)ON[SiH](O)S. The van der Waals surface area contributed by atoms with E-state index in [9.17, 15) is 4.79 Å². The van der Waals surface area contributed by atoms with Crippen LogP contribution in [0.15, 0.2) is 12.2 Å². The topological polar surface area (TPSA) is 58.6 Å². The zero-order valence-electron chi connectivity index (χ0n) is 5.50. The average Bonchev–Trinajstić information content (AvgIpc) is 1.82. The molecular weight excluding hydrogens is 170 g/mol. The Bertz CT molecular complexity index is 149. The van der Waals surface area contributed by atoms with Crippen LogP contribution in [0.3, 0.4) is 0 Å². The van der Waals surface area contributed by atoms with Crippen LogP contribution < -0.4 is 5.15 Å². The standard InChI is InChI=1S/C4H9NO3SSi/c1-3(2)4(6)8-5-10(7)9/h5,7,9-10H,1H2,2H3. The second kappa shape index (κ2) is 4.50. The first kappa shape index (κ1) is 9.70. The molecule has 10 heavy (non-hydrogen) atoms. The Hall–Kier alpha value is -0.303. The molecule has 0 aliphatic rings. The van der Waals surface area contributed by atoms with Gasteiger partial charge in [0.15, 0.2) is 0 Å². The van der Waals surface area contributed by atoms with Gasteiger partial charge in [-0.2, -0.15) is 12.1 Å². The summed E-state index contributed by atoms with van der Waals surface area (Å²) in [6.07, 6.45) is 0. The highest BCUT2D eigenvalue weighted by molar-refractivity contribution is 8.09. The number of hydrogen-bond acceptors (Lipinski definition) is 5. The predicted molar refractivity (Wildman–Crippen MR) is 42.4 cm³/mol. The van der Waals surface area contributed by atoms with E-state index in [0.717, 1.165) is 0 Å². The zero-order chi connectivity index (χ0) is 8.15. The van der Waals surface area contributed by atoms with Gasteiger partial charge in [0.1, 0.15) is 0 Å². The summed E-state index contributed by atoms with van der Waals surface area (Å²) in [6, 6.07) is 0. The first-order valence-electron chi connectivity index (χ1n) is 2.52. The molecule has 0 aromatic rings. The van der Waals surface area contributed by atoms with E-state index in [0.29, 0.717) is 0 Å². The van der Waals surface area contributed by atoms with Gasteiger partial charge in [-0.3, -0.25) is 0 Å². The van der Waals surface area contributed by atoms with Gasteiger partial charge >= 0.3 is 14.3 Å². The van der Waals surface area contributed by atoms with Crippen molar-refractivity contribution in [1.29, 1.82) is 0 Å². The Kier molecular flexibility index (Phi) is 4.37. The molecule has 1 atom stereocenters. The molecule has 58 valence electrons. The maximum absolute atomic E-state index is 10.5. The van der Waals surface area contributed by atoms with Crippen LogP contribution >= 0.6 is 12.1 Å². The minimum atomic E-state index is -2.31. The van der Waals surface area contributed by atoms with Crippen molar-refractivity contribution >= 4 is 26.4 Å². The van der Waals surface area contributed by atoms with Crippen LogP contribution in [-0.4, -0.2) is 19.1 Å². The number of carbonyl (C=O) groups is 1. The quantitative estimate of drug-likeness (QED) is 0.231. The van der Waals surface area contributed by atoms with E-state index in [-0.39, 0.29) is 5.57 Å².